The van der Waals surface area contributed by atoms with E-state index in [1.54, 1.807) is 12.3 Å². The maximum Gasteiger partial charge on any atom is 0.275 e. The van der Waals surface area contributed by atoms with Crippen LogP contribution in [0.1, 0.15) is 30.1 Å². The minimum absolute atomic E-state index is 0.0696. The highest BCUT2D eigenvalue weighted by molar-refractivity contribution is 5.86. The van der Waals surface area contributed by atoms with E-state index in [0.717, 1.165) is 35.9 Å². The summed E-state index contributed by atoms with van der Waals surface area (Å²) in [4.78, 5) is 28.7. The van der Waals surface area contributed by atoms with E-state index >= 15 is 0 Å². The molecule has 5 rings (SSSR count). The van der Waals surface area contributed by atoms with Gasteiger partial charge in [0.05, 0.1) is 17.6 Å². The highest BCUT2D eigenvalue weighted by Gasteiger charge is 2.25. The average Bonchev–Trinajstić information content (AvgIpc) is 3.10. The molecule has 28 heavy (non-hydrogen) atoms. The number of rotatable bonds is 3. The third-order valence-corrected chi connectivity index (χ3v) is 5.51. The van der Waals surface area contributed by atoms with E-state index < -0.39 is 0 Å². The second kappa shape index (κ2) is 6.64. The van der Waals surface area contributed by atoms with Gasteiger partial charge in [-0.15, -0.1) is 0 Å². The van der Waals surface area contributed by atoms with Gasteiger partial charge in [0.1, 0.15) is 6.54 Å². The summed E-state index contributed by atoms with van der Waals surface area (Å²) < 4.78 is 1.23. The van der Waals surface area contributed by atoms with E-state index in [-0.39, 0.29) is 24.1 Å². The van der Waals surface area contributed by atoms with Gasteiger partial charge < -0.3 is 10.3 Å². The molecule has 1 amide bonds. The van der Waals surface area contributed by atoms with E-state index in [0.29, 0.717) is 5.39 Å². The Morgan fingerprint density at radius 2 is 1.93 bits per heavy atom. The molecule has 1 aliphatic rings. The van der Waals surface area contributed by atoms with Gasteiger partial charge in [0.25, 0.3) is 5.56 Å². The first-order chi connectivity index (χ1) is 13.7. The third kappa shape index (κ3) is 2.78. The minimum Gasteiger partial charge on any atom is -0.356 e. The number of amides is 1. The lowest BCUT2D eigenvalue weighted by Gasteiger charge is -2.24. The summed E-state index contributed by atoms with van der Waals surface area (Å²) in [6, 6.07) is 15.4. The quantitative estimate of drug-likeness (QED) is 0.580. The standard InChI is InChI=1S/C22H20N4O2/c27-20(13-26-22(28)15-7-2-1-6-14(15)12-23-26)24-19-11-5-9-17-16-8-3-4-10-18(16)25-21(17)19/h1-4,6-8,10,12,19,25H,5,9,11,13H2,(H,24,27)/t19-/m1/s1. The van der Waals surface area contributed by atoms with Crippen LogP contribution in [-0.2, 0) is 17.8 Å². The number of H-pyrrole nitrogens is 1. The molecule has 0 fully saturated rings. The number of aromatic amines is 1. The summed E-state index contributed by atoms with van der Waals surface area (Å²) in [5.41, 5.74) is 3.22. The molecule has 140 valence electrons. The van der Waals surface area contributed by atoms with Gasteiger partial charge in [-0.3, -0.25) is 9.59 Å². The predicted octanol–water partition coefficient (Wildman–Crippen LogP) is 3.07. The van der Waals surface area contributed by atoms with E-state index in [1.807, 2.05) is 30.3 Å². The maximum atomic E-state index is 12.7. The van der Waals surface area contributed by atoms with Crippen molar-refractivity contribution in [1.82, 2.24) is 20.1 Å². The Bertz CT molecular complexity index is 1250. The molecule has 6 heteroatoms. The van der Waals surface area contributed by atoms with Crippen molar-refractivity contribution in [3.05, 3.63) is 76.3 Å². The lowest BCUT2D eigenvalue weighted by molar-refractivity contribution is -0.122. The number of nitrogens with zero attached hydrogens (tertiary/aromatic N) is 2. The minimum atomic E-state index is -0.247. The molecule has 1 atom stereocenters. The summed E-state index contributed by atoms with van der Waals surface area (Å²) in [5, 5.41) is 9.82. The fourth-order valence-corrected chi connectivity index (χ4v) is 4.18. The number of carbonyl (C=O) groups excluding carboxylic acids is 1. The van der Waals surface area contributed by atoms with Crippen LogP contribution in [0.25, 0.3) is 21.7 Å². The van der Waals surface area contributed by atoms with Crippen LogP contribution in [0.3, 0.4) is 0 Å². The average molecular weight is 372 g/mol. The van der Waals surface area contributed by atoms with Crippen molar-refractivity contribution in [3.63, 3.8) is 0 Å². The zero-order valence-corrected chi connectivity index (χ0v) is 15.3. The van der Waals surface area contributed by atoms with Crippen molar-refractivity contribution in [3.8, 4) is 0 Å². The Hall–Kier alpha value is -3.41. The first kappa shape index (κ1) is 16.7. The molecule has 0 radical (unpaired) electrons. The molecule has 6 nitrogen and oxygen atoms in total. The van der Waals surface area contributed by atoms with Gasteiger partial charge in [-0.05, 0) is 37.0 Å². The summed E-state index contributed by atoms with van der Waals surface area (Å²) in [6.45, 7) is -0.0876. The van der Waals surface area contributed by atoms with Crippen molar-refractivity contribution in [2.75, 3.05) is 0 Å². The number of hydrogen-bond donors (Lipinski definition) is 2. The fourth-order valence-electron chi connectivity index (χ4n) is 4.18. The summed E-state index contributed by atoms with van der Waals surface area (Å²) in [6.07, 6.45) is 4.54. The zero-order valence-electron chi connectivity index (χ0n) is 15.3. The highest BCUT2D eigenvalue weighted by Crippen LogP contribution is 2.34. The molecular weight excluding hydrogens is 352 g/mol. The van der Waals surface area contributed by atoms with E-state index in [4.69, 9.17) is 0 Å². The smallest absolute Gasteiger partial charge is 0.275 e. The van der Waals surface area contributed by atoms with Crippen molar-refractivity contribution in [2.24, 2.45) is 0 Å². The number of carbonyl (C=O) groups is 1. The van der Waals surface area contributed by atoms with E-state index in [1.165, 1.54) is 15.6 Å². The molecule has 0 aliphatic heterocycles. The summed E-state index contributed by atoms with van der Waals surface area (Å²) >= 11 is 0. The second-order valence-electron chi connectivity index (χ2n) is 7.27. The van der Waals surface area contributed by atoms with E-state index in [9.17, 15) is 9.59 Å². The first-order valence-corrected chi connectivity index (χ1v) is 9.54. The molecule has 2 aromatic carbocycles. The Labute approximate surface area is 161 Å². The monoisotopic (exact) mass is 372 g/mol. The molecule has 0 unspecified atom stereocenters. The van der Waals surface area contributed by atoms with Gasteiger partial charge in [-0.2, -0.15) is 5.10 Å². The normalized spacial score (nSPS) is 16.2. The summed E-state index contributed by atoms with van der Waals surface area (Å²) in [5.74, 6) is -0.207. The van der Waals surface area contributed by atoms with Crippen LogP contribution in [0, 0.1) is 0 Å². The third-order valence-electron chi connectivity index (χ3n) is 5.51. The molecule has 0 saturated heterocycles. The van der Waals surface area contributed by atoms with E-state index in [2.05, 4.69) is 27.5 Å². The van der Waals surface area contributed by atoms with Crippen molar-refractivity contribution in [2.45, 2.75) is 31.8 Å². The molecular formula is C22H20N4O2. The van der Waals surface area contributed by atoms with Gasteiger partial charge in [0.2, 0.25) is 5.91 Å². The van der Waals surface area contributed by atoms with Crippen LogP contribution in [-0.4, -0.2) is 20.7 Å². The number of hydrogen-bond acceptors (Lipinski definition) is 3. The number of nitrogens with one attached hydrogen (secondary N) is 2. The summed E-state index contributed by atoms with van der Waals surface area (Å²) in [7, 11) is 0. The topological polar surface area (TPSA) is 79.8 Å². The van der Waals surface area contributed by atoms with Crippen LogP contribution < -0.4 is 10.9 Å². The largest absolute Gasteiger partial charge is 0.356 e. The lowest BCUT2D eigenvalue weighted by atomic mass is 9.91. The number of fused-ring (bicyclic) bond motifs is 4. The maximum absolute atomic E-state index is 12.7. The van der Waals surface area contributed by atoms with Crippen LogP contribution in [0.5, 0.6) is 0 Å². The molecule has 0 saturated carbocycles. The zero-order chi connectivity index (χ0) is 19.1. The Morgan fingerprint density at radius 1 is 1.14 bits per heavy atom. The SMILES string of the molecule is O=C(Cn1ncc2ccccc2c1=O)N[C@@H]1CCCc2c1[nH]c1ccccc21. The molecule has 0 spiro atoms. The number of aromatic nitrogens is 3. The van der Waals surface area contributed by atoms with Gasteiger partial charge in [-0.25, -0.2) is 4.68 Å². The molecule has 0 bridgehead atoms. The number of benzene rings is 2. The fraction of sp³-hybridized carbons (Fsp3) is 0.227. The number of para-hydroxylation sites is 1. The van der Waals surface area contributed by atoms with Crippen LogP contribution in [0.4, 0.5) is 0 Å². The molecule has 1 aliphatic carbocycles. The van der Waals surface area contributed by atoms with Crippen molar-refractivity contribution >= 4 is 27.6 Å². The molecule has 2 N–H and O–H groups in total. The van der Waals surface area contributed by atoms with Crippen molar-refractivity contribution in [1.29, 1.82) is 0 Å². The van der Waals surface area contributed by atoms with Gasteiger partial charge in [0.15, 0.2) is 0 Å². The second-order valence-corrected chi connectivity index (χ2v) is 7.27. The van der Waals surface area contributed by atoms with Gasteiger partial charge >= 0.3 is 0 Å². The predicted molar refractivity (Wildman–Crippen MR) is 108 cm³/mol. The molecule has 2 heterocycles. The molecule has 2 aromatic heterocycles. The highest BCUT2D eigenvalue weighted by atomic mass is 16.2. The Balaban J connectivity index is 1.40. The Kier molecular flexibility index (Phi) is 3.97. The van der Waals surface area contributed by atoms with Gasteiger partial charge in [-0.1, -0.05) is 36.4 Å². The van der Waals surface area contributed by atoms with Crippen LogP contribution in [0.15, 0.2) is 59.5 Å². The van der Waals surface area contributed by atoms with Gasteiger partial charge in [0, 0.05) is 22.0 Å². The number of aryl methyl sites for hydroxylation is 1. The van der Waals surface area contributed by atoms with Crippen LogP contribution >= 0.6 is 0 Å². The van der Waals surface area contributed by atoms with Crippen LogP contribution in [0.2, 0.25) is 0 Å². The first-order valence-electron chi connectivity index (χ1n) is 9.54. The lowest BCUT2D eigenvalue weighted by Crippen LogP contribution is -2.36. The Morgan fingerprint density at radius 3 is 2.82 bits per heavy atom. The van der Waals surface area contributed by atoms with Crippen molar-refractivity contribution < 1.29 is 4.79 Å². The molecule has 4 aromatic rings.